The Kier molecular flexibility index (Phi) is 10.2. The third-order valence-electron chi connectivity index (χ3n) is 9.83. The molecule has 4 aromatic carbocycles. The van der Waals surface area contributed by atoms with Crippen molar-refractivity contribution >= 4 is 15.4 Å². The molecule has 0 aromatic heterocycles. The van der Waals surface area contributed by atoms with Crippen molar-refractivity contribution in [3.63, 3.8) is 0 Å². The standard InChI is InChI=1S/C39H47BO5Si/c1-30(29-43-46(7,8)37(2,3)4)40-44-35(38(41-5,31-21-13-9-14-22-31)32-23-15-10-16-24-32)36(45-40)39(42-6,33-25-17-11-18-26-33)34-27-19-12-20-28-34/h9-28,35-36H,1,29H2,2-8H3/t35-,36-/m1/s1. The maximum atomic E-state index is 7.11. The highest BCUT2D eigenvalue weighted by molar-refractivity contribution is 6.74. The van der Waals surface area contributed by atoms with E-state index in [1.807, 2.05) is 72.8 Å². The topological polar surface area (TPSA) is 46.2 Å². The first-order valence-corrected chi connectivity index (χ1v) is 18.9. The Morgan fingerprint density at radius 1 is 0.630 bits per heavy atom. The van der Waals surface area contributed by atoms with E-state index in [0.717, 1.165) is 27.7 Å². The Morgan fingerprint density at radius 2 is 0.935 bits per heavy atom. The van der Waals surface area contributed by atoms with Crippen molar-refractivity contribution in [3.8, 4) is 0 Å². The lowest BCUT2D eigenvalue weighted by Crippen LogP contribution is -2.56. The number of hydrogen-bond donors (Lipinski definition) is 0. The zero-order chi connectivity index (χ0) is 33.0. The summed E-state index contributed by atoms with van der Waals surface area (Å²) in [6.45, 7) is 16.0. The molecule has 0 bridgehead atoms. The monoisotopic (exact) mass is 634 g/mol. The second kappa shape index (κ2) is 13.8. The normalized spacial score (nSPS) is 17.7. The molecule has 0 amide bonds. The van der Waals surface area contributed by atoms with Crippen molar-refractivity contribution in [2.24, 2.45) is 0 Å². The van der Waals surface area contributed by atoms with Crippen molar-refractivity contribution in [1.29, 1.82) is 0 Å². The second-order valence-corrected chi connectivity index (χ2v) is 18.3. The van der Waals surface area contributed by atoms with Gasteiger partial charge in [-0.1, -0.05) is 142 Å². The molecule has 0 aliphatic carbocycles. The van der Waals surface area contributed by atoms with E-state index in [0.29, 0.717) is 6.61 Å². The first-order chi connectivity index (χ1) is 22.0. The van der Waals surface area contributed by atoms with Gasteiger partial charge in [0.25, 0.3) is 0 Å². The summed E-state index contributed by atoms with van der Waals surface area (Å²) in [5.74, 6) is 0. The zero-order valence-electron chi connectivity index (χ0n) is 28.2. The lowest BCUT2D eigenvalue weighted by Gasteiger charge is -2.46. The minimum absolute atomic E-state index is 0.0490. The van der Waals surface area contributed by atoms with Crippen molar-refractivity contribution in [1.82, 2.24) is 0 Å². The van der Waals surface area contributed by atoms with Gasteiger partial charge in [-0.25, -0.2) is 0 Å². The van der Waals surface area contributed by atoms with Crippen LogP contribution in [0.25, 0.3) is 0 Å². The predicted octanol–water partition coefficient (Wildman–Crippen LogP) is 8.56. The van der Waals surface area contributed by atoms with Crippen molar-refractivity contribution in [2.75, 3.05) is 20.8 Å². The molecule has 1 aliphatic rings. The van der Waals surface area contributed by atoms with Crippen LogP contribution in [0.15, 0.2) is 133 Å². The molecule has 0 N–H and O–H groups in total. The molecular weight excluding hydrogens is 587 g/mol. The van der Waals surface area contributed by atoms with Gasteiger partial charge >= 0.3 is 7.12 Å². The van der Waals surface area contributed by atoms with Crippen LogP contribution in [0.3, 0.4) is 0 Å². The van der Waals surface area contributed by atoms with Gasteiger partial charge in [-0.2, -0.15) is 0 Å². The van der Waals surface area contributed by atoms with Crippen LogP contribution < -0.4 is 0 Å². The third-order valence-corrected chi connectivity index (χ3v) is 14.3. The molecule has 5 rings (SSSR count). The van der Waals surface area contributed by atoms with Crippen LogP contribution in [0.2, 0.25) is 18.1 Å². The number of rotatable bonds is 12. The van der Waals surface area contributed by atoms with Crippen molar-refractivity contribution < 1.29 is 23.2 Å². The van der Waals surface area contributed by atoms with Gasteiger partial charge in [-0.05, 0) is 45.9 Å². The fourth-order valence-electron chi connectivity index (χ4n) is 6.25. The molecule has 7 heteroatoms. The van der Waals surface area contributed by atoms with E-state index in [2.05, 4.69) is 89.0 Å². The maximum absolute atomic E-state index is 7.11. The molecule has 1 saturated heterocycles. The molecule has 1 fully saturated rings. The molecule has 4 aromatic rings. The Hall–Kier alpha value is -3.30. The highest BCUT2D eigenvalue weighted by atomic mass is 28.4. The van der Waals surface area contributed by atoms with E-state index in [1.54, 1.807) is 14.2 Å². The highest BCUT2D eigenvalue weighted by Crippen LogP contribution is 2.51. The molecule has 1 heterocycles. The van der Waals surface area contributed by atoms with E-state index < -0.39 is 38.8 Å². The summed E-state index contributed by atoms with van der Waals surface area (Å²) >= 11 is 0. The molecule has 1 aliphatic heterocycles. The van der Waals surface area contributed by atoms with Crippen LogP contribution in [-0.2, 0) is 34.4 Å². The Morgan fingerprint density at radius 3 is 1.20 bits per heavy atom. The van der Waals surface area contributed by atoms with Crippen LogP contribution in [0.5, 0.6) is 0 Å². The Labute approximate surface area is 276 Å². The summed E-state index contributed by atoms with van der Waals surface area (Å²) < 4.78 is 34.3. The van der Waals surface area contributed by atoms with E-state index in [1.165, 1.54) is 0 Å². The van der Waals surface area contributed by atoms with Gasteiger partial charge in [0.1, 0.15) is 23.4 Å². The maximum Gasteiger partial charge on any atom is 0.492 e. The van der Waals surface area contributed by atoms with Crippen LogP contribution in [0.4, 0.5) is 0 Å². The van der Waals surface area contributed by atoms with Crippen LogP contribution in [-0.4, -0.2) is 48.5 Å². The molecule has 5 nitrogen and oxygen atoms in total. The van der Waals surface area contributed by atoms with Gasteiger partial charge in [0, 0.05) is 14.2 Å². The van der Waals surface area contributed by atoms with Crippen LogP contribution >= 0.6 is 0 Å². The van der Waals surface area contributed by atoms with Crippen molar-refractivity contribution in [2.45, 2.75) is 62.3 Å². The fraction of sp³-hybridized carbons (Fsp3) is 0.333. The number of hydrogen-bond acceptors (Lipinski definition) is 5. The van der Waals surface area contributed by atoms with Gasteiger partial charge in [-0.3, -0.25) is 0 Å². The largest absolute Gasteiger partial charge is 0.492 e. The highest BCUT2D eigenvalue weighted by Gasteiger charge is 2.62. The lowest BCUT2D eigenvalue weighted by molar-refractivity contribution is -0.136. The Bertz CT molecular complexity index is 1380. The molecule has 0 radical (unpaired) electrons. The molecule has 0 spiro atoms. The van der Waals surface area contributed by atoms with Gasteiger partial charge in [0.2, 0.25) is 0 Å². The Balaban J connectivity index is 1.72. The number of ether oxygens (including phenoxy) is 2. The van der Waals surface area contributed by atoms with E-state index >= 15 is 0 Å². The first kappa shape index (κ1) is 34.0. The average molecular weight is 635 g/mol. The fourth-order valence-corrected chi connectivity index (χ4v) is 7.23. The average Bonchev–Trinajstić information content (AvgIpc) is 3.53. The van der Waals surface area contributed by atoms with Gasteiger partial charge in [0.15, 0.2) is 8.32 Å². The molecule has 240 valence electrons. The smallest absolute Gasteiger partial charge is 0.414 e. The quantitative estimate of drug-likeness (QED) is 0.146. The minimum atomic E-state index is -2.07. The molecule has 0 saturated carbocycles. The first-order valence-electron chi connectivity index (χ1n) is 16.0. The van der Waals surface area contributed by atoms with Gasteiger partial charge in [-0.15, -0.1) is 6.58 Å². The third kappa shape index (κ3) is 6.20. The van der Waals surface area contributed by atoms with Crippen LogP contribution in [0.1, 0.15) is 43.0 Å². The molecule has 46 heavy (non-hydrogen) atoms. The zero-order valence-corrected chi connectivity index (χ0v) is 29.2. The van der Waals surface area contributed by atoms with E-state index in [9.17, 15) is 0 Å². The van der Waals surface area contributed by atoms with Gasteiger partial charge in [0.05, 0.1) is 6.61 Å². The SMILES string of the molecule is C=C(CO[Si](C)(C)C(C)(C)C)B1O[C@@H](C(OC)(c2ccccc2)c2ccccc2)[C@H](C(OC)(c2ccccc2)c2ccccc2)O1. The van der Waals surface area contributed by atoms with Crippen LogP contribution in [0, 0.1) is 0 Å². The second-order valence-electron chi connectivity index (χ2n) is 13.5. The summed E-state index contributed by atoms with van der Waals surface area (Å²) in [4.78, 5) is 0. The van der Waals surface area contributed by atoms with Crippen molar-refractivity contribution in [3.05, 3.63) is 156 Å². The molecular formula is C39H47BO5Si. The lowest BCUT2D eigenvalue weighted by atomic mass is 9.71. The van der Waals surface area contributed by atoms with E-state index in [-0.39, 0.29) is 5.04 Å². The minimum Gasteiger partial charge on any atom is -0.414 e. The number of benzene rings is 4. The van der Waals surface area contributed by atoms with E-state index in [4.69, 9.17) is 23.2 Å². The molecule has 0 unspecified atom stereocenters. The summed E-state index contributed by atoms with van der Waals surface area (Å²) in [6, 6.07) is 40.9. The van der Waals surface area contributed by atoms with Gasteiger partial charge < -0.3 is 23.2 Å². The summed E-state index contributed by atoms with van der Waals surface area (Å²) in [6.07, 6.45) is -1.37. The predicted molar refractivity (Wildman–Crippen MR) is 189 cm³/mol. The summed E-state index contributed by atoms with van der Waals surface area (Å²) in [7, 11) is 0.632. The number of methoxy groups -OCH3 is 2. The summed E-state index contributed by atoms with van der Waals surface area (Å²) in [5, 5.41) is 0.0490. The summed E-state index contributed by atoms with van der Waals surface area (Å²) in [5.41, 5.74) is 2.34. The molecule has 2 atom stereocenters.